The Hall–Kier alpha value is -3.67. The molecule has 2 rings (SSSR count). The summed E-state index contributed by atoms with van der Waals surface area (Å²) in [6.07, 6.45) is 5.15. The average Bonchev–Trinajstić information content (AvgIpc) is 2.92. The highest BCUT2D eigenvalue weighted by atomic mass is 16.4. The number of rotatable bonds is 3. The second-order valence-corrected chi connectivity index (χ2v) is 4.12. The van der Waals surface area contributed by atoms with Gasteiger partial charge in [0.05, 0.1) is 16.7 Å². The van der Waals surface area contributed by atoms with E-state index in [2.05, 4.69) is 4.98 Å². The van der Waals surface area contributed by atoms with Crippen molar-refractivity contribution in [2.24, 2.45) is 0 Å². The van der Waals surface area contributed by atoms with E-state index in [1.165, 1.54) is 4.57 Å². The lowest BCUT2D eigenvalue weighted by Gasteiger charge is -2.02. The molecule has 0 fully saturated rings. The highest BCUT2D eigenvalue weighted by Crippen LogP contribution is 2.12. The first-order chi connectivity index (χ1) is 10.8. The summed E-state index contributed by atoms with van der Waals surface area (Å²) in [4.78, 5) is 35.6. The number of carboxylic acids is 3. The zero-order valence-electron chi connectivity index (χ0n) is 11.8. The summed E-state index contributed by atoms with van der Waals surface area (Å²) in [5.41, 5.74) is -1.24. The number of carbonyl (C=O) groups is 3. The molecule has 0 amide bonds. The van der Waals surface area contributed by atoms with Gasteiger partial charge < -0.3 is 15.3 Å². The third-order valence-electron chi connectivity index (χ3n) is 2.66. The number of hydrogen-bond acceptors (Lipinski definition) is 5. The second-order valence-electron chi connectivity index (χ2n) is 4.12. The molecule has 1 aromatic carbocycles. The van der Waals surface area contributed by atoms with E-state index < -0.39 is 29.0 Å². The molecule has 0 atom stereocenters. The van der Waals surface area contributed by atoms with Crippen molar-refractivity contribution in [2.45, 2.75) is 6.92 Å². The number of aryl methyl sites for hydroxylation is 1. The van der Waals surface area contributed by atoms with Crippen molar-refractivity contribution in [2.75, 3.05) is 0 Å². The average molecular weight is 317 g/mol. The Bertz CT molecular complexity index is 803. The van der Waals surface area contributed by atoms with E-state index in [4.69, 9.17) is 20.6 Å². The highest BCUT2D eigenvalue weighted by Gasteiger charge is 2.17. The van der Waals surface area contributed by atoms with Crippen LogP contribution in [-0.4, -0.2) is 42.8 Å². The maximum Gasteiger partial charge on any atom is 0.336 e. The molecule has 0 spiro atoms. The van der Waals surface area contributed by atoms with Crippen LogP contribution in [0.5, 0.6) is 0 Å². The van der Waals surface area contributed by atoms with Crippen molar-refractivity contribution in [3.63, 3.8) is 0 Å². The molecular weight excluding hydrogens is 306 g/mol. The molecule has 9 heteroatoms. The summed E-state index contributed by atoms with van der Waals surface area (Å²) in [5, 5.41) is 34.2. The molecule has 1 aromatic heterocycles. The van der Waals surface area contributed by atoms with Crippen molar-refractivity contribution in [3.05, 3.63) is 53.1 Å². The van der Waals surface area contributed by atoms with E-state index in [-0.39, 0.29) is 5.56 Å². The molecule has 0 unspecified atom stereocenters. The molecule has 3 N–H and O–H groups in total. The van der Waals surface area contributed by atoms with Gasteiger partial charge >= 0.3 is 17.9 Å². The van der Waals surface area contributed by atoms with E-state index >= 15 is 0 Å². The standard InChI is InChI=1S/C9H6O6.C5H5N3/c10-7(11)4-1-2-5(8(12)13)6(3-4)9(14)15;1-5-7-2-3-8(5)4-6/h1-3H,(H,10,11)(H,12,13)(H,14,15);2-3H,1H3. The van der Waals surface area contributed by atoms with Gasteiger partial charge in [-0.2, -0.15) is 5.26 Å². The maximum absolute atomic E-state index is 10.6. The number of hydrogen-bond donors (Lipinski definition) is 3. The monoisotopic (exact) mass is 317 g/mol. The number of nitrogens with zero attached hydrogens (tertiary/aromatic N) is 3. The lowest BCUT2D eigenvalue weighted by atomic mass is 10.0. The number of aromatic nitrogens is 2. The Labute approximate surface area is 129 Å². The van der Waals surface area contributed by atoms with Crippen LogP contribution in [-0.2, 0) is 0 Å². The van der Waals surface area contributed by atoms with E-state index in [0.29, 0.717) is 0 Å². The first-order valence-corrected chi connectivity index (χ1v) is 6.02. The van der Waals surface area contributed by atoms with Crippen LogP contribution in [0.25, 0.3) is 0 Å². The molecule has 0 aliphatic heterocycles. The first kappa shape index (κ1) is 17.4. The fraction of sp³-hybridized carbons (Fsp3) is 0.0714. The van der Waals surface area contributed by atoms with Crippen LogP contribution < -0.4 is 0 Å². The number of benzene rings is 1. The molecule has 2 aromatic rings. The third kappa shape index (κ3) is 4.40. The summed E-state index contributed by atoms with van der Waals surface area (Å²) < 4.78 is 1.40. The summed E-state index contributed by atoms with van der Waals surface area (Å²) >= 11 is 0. The minimum Gasteiger partial charge on any atom is -0.478 e. The van der Waals surface area contributed by atoms with Gasteiger partial charge in [0.2, 0.25) is 0 Å². The van der Waals surface area contributed by atoms with E-state index in [0.717, 1.165) is 24.0 Å². The van der Waals surface area contributed by atoms with E-state index in [1.807, 2.05) is 6.19 Å². The van der Waals surface area contributed by atoms with Crippen molar-refractivity contribution >= 4 is 17.9 Å². The molecule has 1 heterocycles. The van der Waals surface area contributed by atoms with E-state index in [9.17, 15) is 14.4 Å². The first-order valence-electron chi connectivity index (χ1n) is 6.02. The van der Waals surface area contributed by atoms with Gasteiger partial charge in [0.25, 0.3) is 0 Å². The summed E-state index contributed by atoms with van der Waals surface area (Å²) in [5.74, 6) is -3.47. The number of aromatic carboxylic acids is 3. The summed E-state index contributed by atoms with van der Waals surface area (Å²) in [6, 6.07) is 2.81. The predicted octanol–water partition coefficient (Wildman–Crippen LogP) is 1.30. The molecule has 0 bridgehead atoms. The number of carboxylic acid groups (broad SMARTS) is 3. The van der Waals surface area contributed by atoms with E-state index in [1.54, 1.807) is 19.3 Å². The Morgan fingerprint density at radius 1 is 1.09 bits per heavy atom. The SMILES string of the molecule is Cc1nccn1C#N.O=C(O)c1ccc(C(=O)O)c(C(=O)O)c1. The Morgan fingerprint density at radius 2 is 1.70 bits per heavy atom. The molecule has 0 saturated heterocycles. The second kappa shape index (κ2) is 7.37. The molecule has 0 aliphatic rings. The Morgan fingerprint density at radius 3 is 2.04 bits per heavy atom. The normalized spacial score (nSPS) is 9.22. The summed E-state index contributed by atoms with van der Waals surface area (Å²) in [7, 11) is 0. The van der Waals surface area contributed by atoms with Crippen LogP contribution in [0.4, 0.5) is 0 Å². The molecule has 0 saturated carbocycles. The van der Waals surface area contributed by atoms with Crippen LogP contribution in [0.2, 0.25) is 0 Å². The zero-order valence-corrected chi connectivity index (χ0v) is 11.8. The van der Waals surface area contributed by atoms with Gasteiger partial charge in [-0.1, -0.05) is 0 Å². The van der Waals surface area contributed by atoms with Crippen molar-refractivity contribution in [1.29, 1.82) is 5.26 Å². The number of nitriles is 1. The van der Waals surface area contributed by atoms with Gasteiger partial charge in [0.15, 0.2) is 6.19 Å². The molecular formula is C14H11N3O6. The van der Waals surface area contributed by atoms with Gasteiger partial charge in [-0.05, 0) is 25.1 Å². The Balaban J connectivity index is 0.000000277. The van der Waals surface area contributed by atoms with Gasteiger partial charge in [0.1, 0.15) is 5.82 Å². The zero-order chi connectivity index (χ0) is 17.6. The van der Waals surface area contributed by atoms with Crippen molar-refractivity contribution < 1.29 is 29.7 Å². The van der Waals surface area contributed by atoms with Gasteiger partial charge in [-0.3, -0.25) is 0 Å². The van der Waals surface area contributed by atoms with Crippen molar-refractivity contribution in [3.8, 4) is 6.19 Å². The fourth-order valence-electron chi connectivity index (χ4n) is 1.52. The number of imidazole rings is 1. The predicted molar refractivity (Wildman–Crippen MR) is 75.3 cm³/mol. The minimum atomic E-state index is -1.48. The molecule has 0 radical (unpaired) electrons. The fourth-order valence-corrected chi connectivity index (χ4v) is 1.52. The quantitative estimate of drug-likeness (QED) is 0.765. The molecule has 23 heavy (non-hydrogen) atoms. The Kier molecular flexibility index (Phi) is 5.57. The van der Waals surface area contributed by atoms with Gasteiger partial charge in [-0.15, -0.1) is 0 Å². The highest BCUT2D eigenvalue weighted by molar-refractivity contribution is 6.03. The third-order valence-corrected chi connectivity index (χ3v) is 2.66. The molecule has 9 nitrogen and oxygen atoms in total. The van der Waals surface area contributed by atoms with Crippen LogP contribution in [0.1, 0.15) is 36.9 Å². The summed E-state index contributed by atoms with van der Waals surface area (Å²) in [6.45, 7) is 1.78. The maximum atomic E-state index is 10.6. The smallest absolute Gasteiger partial charge is 0.336 e. The van der Waals surface area contributed by atoms with Crippen LogP contribution >= 0.6 is 0 Å². The van der Waals surface area contributed by atoms with Crippen LogP contribution in [0.3, 0.4) is 0 Å². The van der Waals surface area contributed by atoms with Gasteiger partial charge in [-0.25, -0.2) is 23.9 Å². The van der Waals surface area contributed by atoms with Crippen LogP contribution in [0.15, 0.2) is 30.6 Å². The van der Waals surface area contributed by atoms with Crippen molar-refractivity contribution in [1.82, 2.24) is 9.55 Å². The lowest BCUT2D eigenvalue weighted by molar-refractivity contribution is 0.0649. The van der Waals surface area contributed by atoms with Gasteiger partial charge in [0, 0.05) is 12.4 Å². The molecule has 118 valence electrons. The molecule has 0 aliphatic carbocycles. The largest absolute Gasteiger partial charge is 0.478 e. The lowest BCUT2D eigenvalue weighted by Crippen LogP contribution is -2.10. The topological polar surface area (TPSA) is 154 Å². The minimum absolute atomic E-state index is 0.266. The van der Waals surface area contributed by atoms with Crippen LogP contribution in [0, 0.1) is 18.4 Å².